The second kappa shape index (κ2) is 7.36. The third-order valence-corrected chi connectivity index (χ3v) is 3.85. The zero-order valence-electron chi connectivity index (χ0n) is 15.0. The summed E-state index contributed by atoms with van der Waals surface area (Å²) in [5.74, 6) is -0.444. The lowest BCUT2D eigenvalue weighted by Gasteiger charge is -2.21. The van der Waals surface area contributed by atoms with Crippen LogP contribution in [0.3, 0.4) is 0 Å². The van der Waals surface area contributed by atoms with Crippen molar-refractivity contribution in [2.24, 2.45) is 5.10 Å². The molecule has 1 heterocycles. The Balaban J connectivity index is 2.02. The molecule has 1 unspecified atom stereocenters. The van der Waals surface area contributed by atoms with E-state index in [4.69, 9.17) is 14.2 Å². The van der Waals surface area contributed by atoms with E-state index in [1.54, 1.807) is 42.5 Å². The molecule has 8 nitrogen and oxygen atoms in total. The van der Waals surface area contributed by atoms with Gasteiger partial charge in [0.15, 0.2) is 11.5 Å². The molecule has 1 aliphatic heterocycles. The molecule has 2 aromatic carbocycles. The van der Waals surface area contributed by atoms with Crippen LogP contribution in [0.5, 0.6) is 17.2 Å². The van der Waals surface area contributed by atoms with Crippen molar-refractivity contribution in [2.45, 2.75) is 20.1 Å². The van der Waals surface area contributed by atoms with Gasteiger partial charge in [-0.15, -0.1) is 5.10 Å². The number of nitrogens with zero attached hydrogens (tertiary/aromatic N) is 2. The Labute approximate surface area is 155 Å². The molecule has 0 spiro atoms. The van der Waals surface area contributed by atoms with Gasteiger partial charge in [-0.1, -0.05) is 18.2 Å². The number of methoxy groups -OCH3 is 1. The fourth-order valence-electron chi connectivity index (χ4n) is 2.67. The molecule has 0 radical (unpaired) electrons. The van der Waals surface area contributed by atoms with Crippen LogP contribution in [0.15, 0.2) is 47.6 Å². The maximum absolute atomic E-state index is 12.1. The molecule has 140 valence electrons. The molecule has 0 saturated carbocycles. The SMILES string of the molecule is COc1cccc(C2OC(c3ccccc3OC(C)=O)=NN2C(C)=O)c1O. The van der Waals surface area contributed by atoms with E-state index in [0.29, 0.717) is 11.1 Å². The first-order chi connectivity index (χ1) is 12.9. The van der Waals surface area contributed by atoms with Gasteiger partial charge in [0.05, 0.1) is 18.2 Å². The number of rotatable bonds is 4. The first-order valence-electron chi connectivity index (χ1n) is 8.11. The largest absolute Gasteiger partial charge is 0.504 e. The minimum atomic E-state index is -0.988. The molecule has 1 amide bonds. The lowest BCUT2D eigenvalue weighted by molar-refractivity contribution is -0.135. The molecule has 2 aromatic rings. The molecular weight excluding hydrogens is 352 g/mol. The van der Waals surface area contributed by atoms with Gasteiger partial charge in [0.25, 0.3) is 0 Å². The van der Waals surface area contributed by atoms with Crippen molar-refractivity contribution >= 4 is 17.8 Å². The number of benzene rings is 2. The average molecular weight is 370 g/mol. The van der Waals surface area contributed by atoms with Gasteiger partial charge in [-0.3, -0.25) is 9.59 Å². The molecular formula is C19H18N2O6. The molecule has 0 aliphatic carbocycles. The fraction of sp³-hybridized carbons (Fsp3) is 0.211. The van der Waals surface area contributed by atoms with Crippen LogP contribution < -0.4 is 9.47 Å². The maximum Gasteiger partial charge on any atom is 0.308 e. The fourth-order valence-corrected chi connectivity index (χ4v) is 2.67. The van der Waals surface area contributed by atoms with E-state index < -0.39 is 12.2 Å². The summed E-state index contributed by atoms with van der Waals surface area (Å²) in [6.45, 7) is 2.62. The minimum absolute atomic E-state index is 0.0919. The molecule has 3 rings (SSSR count). The Morgan fingerprint density at radius 3 is 2.48 bits per heavy atom. The lowest BCUT2D eigenvalue weighted by Crippen LogP contribution is -2.25. The summed E-state index contributed by atoms with van der Waals surface area (Å²) in [6, 6.07) is 11.5. The second-order valence-corrected chi connectivity index (χ2v) is 5.73. The normalized spacial score (nSPS) is 15.7. The lowest BCUT2D eigenvalue weighted by atomic mass is 10.1. The second-order valence-electron chi connectivity index (χ2n) is 5.73. The van der Waals surface area contributed by atoms with Crippen LogP contribution in [0.2, 0.25) is 0 Å². The van der Waals surface area contributed by atoms with Crippen molar-refractivity contribution in [3.05, 3.63) is 53.6 Å². The summed E-state index contributed by atoms with van der Waals surface area (Å²) < 4.78 is 16.2. The number of aromatic hydroxyl groups is 1. The van der Waals surface area contributed by atoms with Crippen molar-refractivity contribution < 1.29 is 28.9 Å². The standard InChI is InChI=1S/C19H18N2O6/c1-11(22)21-19(14-8-6-10-16(25-3)17(14)24)27-18(20-21)13-7-4-5-9-15(13)26-12(2)23/h4-10,19,24H,1-3H3. The number of ether oxygens (including phenoxy) is 3. The average Bonchev–Trinajstić information content (AvgIpc) is 3.07. The van der Waals surface area contributed by atoms with Crippen LogP contribution in [-0.2, 0) is 14.3 Å². The highest BCUT2D eigenvalue weighted by molar-refractivity contribution is 5.99. The van der Waals surface area contributed by atoms with E-state index >= 15 is 0 Å². The minimum Gasteiger partial charge on any atom is -0.504 e. The van der Waals surface area contributed by atoms with Gasteiger partial charge < -0.3 is 19.3 Å². The maximum atomic E-state index is 12.1. The molecule has 1 aliphatic rings. The predicted octanol–water partition coefficient (Wildman–Crippen LogP) is 2.57. The molecule has 1 atom stereocenters. The summed E-state index contributed by atoms with van der Waals surface area (Å²) in [6.07, 6.45) is -0.988. The van der Waals surface area contributed by atoms with Crippen LogP contribution >= 0.6 is 0 Å². The van der Waals surface area contributed by atoms with Gasteiger partial charge in [0, 0.05) is 13.8 Å². The van der Waals surface area contributed by atoms with Crippen molar-refractivity contribution in [3.63, 3.8) is 0 Å². The summed E-state index contributed by atoms with van der Waals surface area (Å²) in [4.78, 5) is 23.4. The topological polar surface area (TPSA) is 97.7 Å². The molecule has 27 heavy (non-hydrogen) atoms. The van der Waals surface area contributed by atoms with Crippen LogP contribution in [0, 0.1) is 0 Å². The van der Waals surface area contributed by atoms with Crippen molar-refractivity contribution in [2.75, 3.05) is 7.11 Å². The highest BCUT2D eigenvalue weighted by Crippen LogP contribution is 2.40. The first kappa shape index (κ1) is 18.2. The number of esters is 1. The number of hydrazone groups is 1. The summed E-state index contributed by atoms with van der Waals surface area (Å²) >= 11 is 0. The molecule has 0 aromatic heterocycles. The van der Waals surface area contributed by atoms with Crippen molar-refractivity contribution in [1.29, 1.82) is 0 Å². The molecule has 0 saturated heterocycles. The number of amides is 1. The Kier molecular flexibility index (Phi) is 4.98. The number of hydrogen-bond acceptors (Lipinski definition) is 7. The highest BCUT2D eigenvalue weighted by Gasteiger charge is 2.36. The number of phenolic OH excluding ortho intramolecular Hbond substituents is 1. The third kappa shape index (κ3) is 3.55. The zero-order chi connectivity index (χ0) is 19.6. The van der Waals surface area contributed by atoms with Crippen molar-refractivity contribution in [3.8, 4) is 17.2 Å². The smallest absolute Gasteiger partial charge is 0.308 e. The van der Waals surface area contributed by atoms with E-state index in [2.05, 4.69) is 5.10 Å². The van der Waals surface area contributed by atoms with Gasteiger partial charge in [-0.05, 0) is 24.3 Å². The highest BCUT2D eigenvalue weighted by atomic mass is 16.5. The van der Waals surface area contributed by atoms with Gasteiger partial charge in [0.1, 0.15) is 5.75 Å². The Hall–Kier alpha value is -3.55. The van der Waals surface area contributed by atoms with E-state index in [1.165, 1.54) is 21.0 Å². The number of phenols is 1. The van der Waals surface area contributed by atoms with E-state index in [-0.39, 0.29) is 29.1 Å². The molecule has 0 bridgehead atoms. The number of para-hydroxylation sites is 2. The quantitative estimate of drug-likeness (QED) is 0.656. The predicted molar refractivity (Wildman–Crippen MR) is 95.3 cm³/mol. The van der Waals surface area contributed by atoms with E-state index in [9.17, 15) is 14.7 Å². The number of carbonyl (C=O) groups excluding carboxylic acids is 2. The van der Waals surface area contributed by atoms with E-state index in [1.807, 2.05) is 0 Å². The van der Waals surface area contributed by atoms with Gasteiger partial charge >= 0.3 is 5.97 Å². The summed E-state index contributed by atoms with van der Waals surface area (Å²) in [5, 5.41) is 15.7. The van der Waals surface area contributed by atoms with Crippen LogP contribution in [-0.4, -0.2) is 35.0 Å². The van der Waals surface area contributed by atoms with Crippen LogP contribution in [0.1, 0.15) is 31.2 Å². The number of hydrogen-bond donors (Lipinski definition) is 1. The molecule has 8 heteroatoms. The monoisotopic (exact) mass is 370 g/mol. The summed E-state index contributed by atoms with van der Waals surface area (Å²) in [5.41, 5.74) is 0.720. The Bertz CT molecular complexity index is 924. The van der Waals surface area contributed by atoms with Crippen molar-refractivity contribution in [1.82, 2.24) is 5.01 Å². The van der Waals surface area contributed by atoms with Crippen LogP contribution in [0.4, 0.5) is 0 Å². The summed E-state index contributed by atoms with van der Waals surface area (Å²) in [7, 11) is 1.42. The van der Waals surface area contributed by atoms with Gasteiger partial charge in [-0.2, -0.15) is 5.01 Å². The van der Waals surface area contributed by atoms with E-state index in [0.717, 1.165) is 5.01 Å². The first-order valence-corrected chi connectivity index (χ1v) is 8.11. The Morgan fingerprint density at radius 1 is 1.11 bits per heavy atom. The zero-order valence-corrected chi connectivity index (χ0v) is 15.0. The Morgan fingerprint density at radius 2 is 1.81 bits per heavy atom. The third-order valence-electron chi connectivity index (χ3n) is 3.85. The van der Waals surface area contributed by atoms with Gasteiger partial charge in [0.2, 0.25) is 18.0 Å². The molecule has 1 N–H and O–H groups in total. The van der Waals surface area contributed by atoms with Gasteiger partial charge in [-0.25, -0.2) is 0 Å². The molecule has 0 fully saturated rings. The van der Waals surface area contributed by atoms with Crippen LogP contribution in [0.25, 0.3) is 0 Å². The number of carbonyl (C=O) groups is 2.